The van der Waals surface area contributed by atoms with Crippen molar-refractivity contribution < 1.29 is 5.11 Å². The Hall–Kier alpha value is -1.36. The first-order chi connectivity index (χ1) is 9.38. The van der Waals surface area contributed by atoms with Crippen molar-refractivity contribution in [3.05, 3.63) is 11.9 Å². The summed E-state index contributed by atoms with van der Waals surface area (Å²) in [7, 11) is 1.87. The molecule has 1 aliphatic carbocycles. The Bertz CT molecular complexity index is 456. The standard InChI is InChI=1S/C15H26N4O/c1-15(2,3)14-18-12(16-4)8-13(19-14)17-9-10-5-6-11(20)7-10/h8,10-11,20H,5-7,9H2,1-4H3,(H2,16,17,18,19). The monoisotopic (exact) mass is 278 g/mol. The van der Waals surface area contributed by atoms with Gasteiger partial charge in [0.1, 0.15) is 17.5 Å². The van der Waals surface area contributed by atoms with Crippen molar-refractivity contribution in [1.82, 2.24) is 9.97 Å². The van der Waals surface area contributed by atoms with Crippen LogP contribution in [0.1, 0.15) is 45.9 Å². The number of rotatable bonds is 4. The van der Waals surface area contributed by atoms with Crippen LogP contribution < -0.4 is 10.6 Å². The van der Waals surface area contributed by atoms with Crippen LogP contribution in [-0.4, -0.2) is 34.8 Å². The van der Waals surface area contributed by atoms with Gasteiger partial charge in [-0.05, 0) is 25.2 Å². The molecule has 0 saturated heterocycles. The van der Waals surface area contributed by atoms with Crippen LogP contribution in [0.15, 0.2) is 6.07 Å². The van der Waals surface area contributed by atoms with Crippen LogP contribution in [0.25, 0.3) is 0 Å². The maximum atomic E-state index is 9.57. The van der Waals surface area contributed by atoms with E-state index >= 15 is 0 Å². The smallest absolute Gasteiger partial charge is 0.138 e. The average molecular weight is 278 g/mol. The molecule has 20 heavy (non-hydrogen) atoms. The van der Waals surface area contributed by atoms with Crippen LogP contribution in [0, 0.1) is 5.92 Å². The summed E-state index contributed by atoms with van der Waals surface area (Å²) in [5.74, 6) is 3.06. The highest BCUT2D eigenvalue weighted by Crippen LogP contribution is 2.26. The maximum absolute atomic E-state index is 9.57. The number of aliphatic hydroxyl groups is 1. The molecule has 1 saturated carbocycles. The third kappa shape index (κ3) is 3.82. The van der Waals surface area contributed by atoms with E-state index in [0.29, 0.717) is 5.92 Å². The van der Waals surface area contributed by atoms with Gasteiger partial charge in [-0.15, -0.1) is 0 Å². The second-order valence-electron chi connectivity index (χ2n) is 6.68. The molecule has 112 valence electrons. The summed E-state index contributed by atoms with van der Waals surface area (Å²) in [5.41, 5.74) is -0.0765. The Balaban J connectivity index is 2.07. The second kappa shape index (κ2) is 5.95. The van der Waals surface area contributed by atoms with Gasteiger partial charge >= 0.3 is 0 Å². The summed E-state index contributed by atoms with van der Waals surface area (Å²) >= 11 is 0. The highest BCUT2D eigenvalue weighted by molar-refractivity contribution is 5.47. The predicted octanol–water partition coefficient (Wildman–Crippen LogP) is 2.39. The molecular weight excluding hydrogens is 252 g/mol. The fourth-order valence-corrected chi connectivity index (χ4v) is 2.48. The lowest BCUT2D eigenvalue weighted by molar-refractivity contribution is 0.178. The van der Waals surface area contributed by atoms with Crippen LogP contribution in [0.2, 0.25) is 0 Å². The van der Waals surface area contributed by atoms with Crippen molar-refractivity contribution in [2.75, 3.05) is 24.2 Å². The molecule has 5 nitrogen and oxygen atoms in total. The number of anilines is 2. The highest BCUT2D eigenvalue weighted by atomic mass is 16.3. The molecule has 3 N–H and O–H groups in total. The van der Waals surface area contributed by atoms with Crippen molar-refractivity contribution in [2.24, 2.45) is 5.92 Å². The fraction of sp³-hybridized carbons (Fsp3) is 0.733. The van der Waals surface area contributed by atoms with Crippen molar-refractivity contribution in [2.45, 2.75) is 51.6 Å². The van der Waals surface area contributed by atoms with Crippen molar-refractivity contribution in [3.8, 4) is 0 Å². The van der Waals surface area contributed by atoms with Gasteiger partial charge in [-0.2, -0.15) is 0 Å². The van der Waals surface area contributed by atoms with Gasteiger partial charge in [-0.1, -0.05) is 20.8 Å². The van der Waals surface area contributed by atoms with Crippen molar-refractivity contribution >= 4 is 11.6 Å². The molecule has 0 amide bonds. The first-order valence-electron chi connectivity index (χ1n) is 7.37. The van der Waals surface area contributed by atoms with E-state index in [4.69, 9.17) is 0 Å². The van der Waals surface area contributed by atoms with Gasteiger partial charge in [-0.25, -0.2) is 9.97 Å². The van der Waals surface area contributed by atoms with Gasteiger partial charge in [0.2, 0.25) is 0 Å². The van der Waals surface area contributed by atoms with E-state index < -0.39 is 0 Å². The van der Waals surface area contributed by atoms with Gasteiger partial charge in [0.25, 0.3) is 0 Å². The van der Waals surface area contributed by atoms with Crippen molar-refractivity contribution in [1.29, 1.82) is 0 Å². The van der Waals surface area contributed by atoms with E-state index in [0.717, 1.165) is 43.3 Å². The topological polar surface area (TPSA) is 70.1 Å². The van der Waals surface area contributed by atoms with Crippen LogP contribution in [0.4, 0.5) is 11.6 Å². The molecule has 2 unspecified atom stereocenters. The molecule has 0 aliphatic heterocycles. The van der Waals surface area contributed by atoms with E-state index in [1.807, 2.05) is 13.1 Å². The number of aromatic nitrogens is 2. The molecular formula is C15H26N4O. The van der Waals surface area contributed by atoms with Gasteiger partial charge in [0.15, 0.2) is 0 Å². The summed E-state index contributed by atoms with van der Waals surface area (Å²) < 4.78 is 0. The lowest BCUT2D eigenvalue weighted by atomic mass is 9.96. The number of hydrogen-bond donors (Lipinski definition) is 3. The van der Waals surface area contributed by atoms with E-state index in [1.54, 1.807) is 0 Å². The van der Waals surface area contributed by atoms with E-state index in [-0.39, 0.29) is 11.5 Å². The Morgan fingerprint density at radius 2 is 1.95 bits per heavy atom. The van der Waals surface area contributed by atoms with Crippen molar-refractivity contribution in [3.63, 3.8) is 0 Å². The van der Waals surface area contributed by atoms with Gasteiger partial charge in [0.05, 0.1) is 6.10 Å². The molecule has 1 aromatic rings. The molecule has 2 rings (SSSR count). The SMILES string of the molecule is CNc1cc(NCC2CCC(O)C2)nc(C(C)(C)C)n1. The van der Waals surface area contributed by atoms with Gasteiger partial charge in [0, 0.05) is 25.1 Å². The molecule has 1 aromatic heterocycles. The zero-order chi connectivity index (χ0) is 14.8. The van der Waals surface area contributed by atoms with Crippen LogP contribution in [0.3, 0.4) is 0 Å². The first-order valence-corrected chi connectivity index (χ1v) is 7.37. The molecule has 5 heteroatoms. The summed E-state index contributed by atoms with van der Waals surface area (Å²) in [6.07, 6.45) is 2.78. The molecule has 1 heterocycles. The lowest BCUT2D eigenvalue weighted by Gasteiger charge is -2.19. The Labute approximate surface area is 121 Å². The summed E-state index contributed by atoms with van der Waals surface area (Å²) in [6.45, 7) is 7.19. The second-order valence-corrected chi connectivity index (χ2v) is 6.68. The number of aliphatic hydroxyl groups excluding tert-OH is 1. The summed E-state index contributed by atoms with van der Waals surface area (Å²) in [6, 6.07) is 1.93. The minimum Gasteiger partial charge on any atom is -0.393 e. The zero-order valence-electron chi connectivity index (χ0n) is 12.9. The normalized spacial score (nSPS) is 22.9. The van der Waals surface area contributed by atoms with Crippen LogP contribution in [-0.2, 0) is 5.41 Å². The number of nitrogens with zero attached hydrogens (tertiary/aromatic N) is 2. The molecule has 1 aliphatic rings. The Morgan fingerprint density at radius 1 is 1.25 bits per heavy atom. The third-order valence-electron chi connectivity index (χ3n) is 3.74. The minimum absolute atomic E-state index is 0.0765. The van der Waals surface area contributed by atoms with Crippen LogP contribution >= 0.6 is 0 Å². The first kappa shape index (κ1) is 15.0. The summed E-state index contributed by atoms with van der Waals surface area (Å²) in [5, 5.41) is 16.0. The fourth-order valence-electron chi connectivity index (χ4n) is 2.48. The average Bonchev–Trinajstić information content (AvgIpc) is 2.81. The Kier molecular flexibility index (Phi) is 4.48. The molecule has 0 radical (unpaired) electrons. The Morgan fingerprint density at radius 3 is 2.50 bits per heavy atom. The zero-order valence-corrected chi connectivity index (χ0v) is 12.9. The quantitative estimate of drug-likeness (QED) is 0.789. The van der Waals surface area contributed by atoms with E-state index in [1.165, 1.54) is 0 Å². The molecule has 0 spiro atoms. The highest BCUT2D eigenvalue weighted by Gasteiger charge is 2.23. The van der Waals surface area contributed by atoms with Crippen LogP contribution in [0.5, 0.6) is 0 Å². The molecule has 0 bridgehead atoms. The minimum atomic E-state index is -0.120. The van der Waals surface area contributed by atoms with E-state index in [9.17, 15) is 5.11 Å². The number of nitrogens with one attached hydrogen (secondary N) is 2. The summed E-state index contributed by atoms with van der Waals surface area (Å²) in [4.78, 5) is 9.12. The number of hydrogen-bond acceptors (Lipinski definition) is 5. The molecule has 1 fully saturated rings. The molecule has 2 atom stereocenters. The lowest BCUT2D eigenvalue weighted by Crippen LogP contribution is -2.19. The predicted molar refractivity (Wildman–Crippen MR) is 82.1 cm³/mol. The largest absolute Gasteiger partial charge is 0.393 e. The van der Waals surface area contributed by atoms with E-state index in [2.05, 4.69) is 41.4 Å². The maximum Gasteiger partial charge on any atom is 0.138 e. The van der Waals surface area contributed by atoms with Gasteiger partial charge in [-0.3, -0.25) is 0 Å². The van der Waals surface area contributed by atoms with Gasteiger partial charge < -0.3 is 15.7 Å². The third-order valence-corrected chi connectivity index (χ3v) is 3.74. The molecule has 0 aromatic carbocycles.